The van der Waals surface area contributed by atoms with Gasteiger partial charge >= 0.3 is 0 Å². The van der Waals surface area contributed by atoms with E-state index < -0.39 is 0 Å². The zero-order valence-electron chi connectivity index (χ0n) is 14.1. The maximum atomic E-state index is 12.8. The zero-order chi connectivity index (χ0) is 17.8. The lowest BCUT2D eigenvalue weighted by molar-refractivity contribution is 0.0908. The number of Topliss-reactive ketones (excluding diaryl/α,β-unsaturated/α-hetero) is 1. The van der Waals surface area contributed by atoms with Crippen molar-refractivity contribution in [3.8, 4) is 5.88 Å². The molecule has 0 bridgehead atoms. The molecule has 3 aromatic rings. The van der Waals surface area contributed by atoms with Crippen molar-refractivity contribution >= 4 is 11.6 Å². The Kier molecular flexibility index (Phi) is 4.75. The van der Waals surface area contributed by atoms with Crippen LogP contribution in [0.25, 0.3) is 0 Å². The molecule has 0 aliphatic carbocycles. The number of hydrogen-bond donors (Lipinski definition) is 0. The van der Waals surface area contributed by atoms with Crippen LogP contribution < -0.4 is 4.74 Å². The fraction of sp³-hybridized carbons (Fsp3) is 0.150. The second-order valence-electron chi connectivity index (χ2n) is 5.66. The molecule has 0 aliphatic rings. The minimum atomic E-state index is -0.173. The van der Waals surface area contributed by atoms with Gasteiger partial charge in [0.1, 0.15) is 5.56 Å². The molecule has 25 heavy (non-hydrogen) atoms. The van der Waals surface area contributed by atoms with E-state index >= 15 is 0 Å². The molecule has 1 aromatic heterocycles. The zero-order valence-corrected chi connectivity index (χ0v) is 14.1. The smallest absolute Gasteiger partial charge is 0.223 e. The highest BCUT2D eigenvalue weighted by atomic mass is 16.5. The minimum absolute atomic E-state index is 0.155. The third kappa shape index (κ3) is 3.50. The average molecular weight is 334 g/mol. The number of rotatable bonds is 6. The lowest BCUT2D eigenvalue weighted by Crippen LogP contribution is -2.15. The standard InChI is InChI=1S/C20H18N2O3/c1-14-18(19(24)16-11-7-4-8-12-16)20(22(2)21-14)25-13-17(23)15-9-5-3-6-10-15/h3-12H,13H2,1-2H3. The molecule has 0 saturated heterocycles. The number of benzene rings is 2. The maximum absolute atomic E-state index is 12.8. The number of carbonyl (C=O) groups excluding carboxylic acids is 2. The van der Waals surface area contributed by atoms with E-state index in [-0.39, 0.29) is 18.2 Å². The molecule has 0 aliphatic heterocycles. The normalized spacial score (nSPS) is 10.5. The first-order valence-corrected chi connectivity index (χ1v) is 7.92. The van der Waals surface area contributed by atoms with Gasteiger partial charge in [-0.15, -0.1) is 0 Å². The molecular weight excluding hydrogens is 316 g/mol. The van der Waals surface area contributed by atoms with E-state index in [0.717, 1.165) is 0 Å². The first-order valence-electron chi connectivity index (χ1n) is 7.92. The Labute approximate surface area is 145 Å². The number of carbonyl (C=O) groups is 2. The van der Waals surface area contributed by atoms with Crippen molar-refractivity contribution in [1.29, 1.82) is 0 Å². The summed E-state index contributed by atoms with van der Waals surface area (Å²) in [7, 11) is 1.69. The summed E-state index contributed by atoms with van der Waals surface area (Å²) in [5.74, 6) is -0.0263. The van der Waals surface area contributed by atoms with Crippen LogP contribution in [0.15, 0.2) is 60.7 Å². The minimum Gasteiger partial charge on any atom is -0.469 e. The number of nitrogens with zero attached hydrogens (tertiary/aromatic N) is 2. The summed E-state index contributed by atoms with van der Waals surface area (Å²) >= 11 is 0. The molecule has 0 saturated carbocycles. The van der Waals surface area contributed by atoms with Gasteiger partial charge in [0.25, 0.3) is 0 Å². The monoisotopic (exact) mass is 334 g/mol. The summed E-state index contributed by atoms with van der Waals surface area (Å²) in [5, 5.41) is 4.27. The Bertz CT molecular complexity index is 899. The van der Waals surface area contributed by atoms with Crippen molar-refractivity contribution in [1.82, 2.24) is 9.78 Å². The third-order valence-corrected chi connectivity index (χ3v) is 3.87. The molecular formula is C20H18N2O3. The summed E-state index contributed by atoms with van der Waals surface area (Å²) < 4.78 is 7.17. The summed E-state index contributed by atoms with van der Waals surface area (Å²) in [6, 6.07) is 17.9. The second-order valence-corrected chi connectivity index (χ2v) is 5.66. The Morgan fingerprint density at radius 2 is 1.52 bits per heavy atom. The fourth-order valence-corrected chi connectivity index (χ4v) is 2.64. The fourth-order valence-electron chi connectivity index (χ4n) is 2.64. The molecule has 0 fully saturated rings. The Balaban J connectivity index is 1.85. The van der Waals surface area contributed by atoms with Crippen LogP contribution in [0.1, 0.15) is 32.0 Å². The molecule has 0 radical (unpaired) electrons. The van der Waals surface area contributed by atoms with Gasteiger partial charge in [-0.1, -0.05) is 60.7 Å². The van der Waals surface area contributed by atoms with Gasteiger partial charge in [0.15, 0.2) is 18.2 Å². The summed E-state index contributed by atoms with van der Waals surface area (Å²) in [4.78, 5) is 25.0. The molecule has 2 aromatic carbocycles. The summed E-state index contributed by atoms with van der Waals surface area (Å²) in [5.41, 5.74) is 2.07. The average Bonchev–Trinajstić information content (AvgIpc) is 2.93. The highest BCUT2D eigenvalue weighted by molar-refractivity contribution is 6.11. The quantitative estimate of drug-likeness (QED) is 0.649. The van der Waals surface area contributed by atoms with Gasteiger partial charge in [0, 0.05) is 18.2 Å². The Morgan fingerprint density at radius 3 is 2.12 bits per heavy atom. The van der Waals surface area contributed by atoms with Gasteiger partial charge in [-0.25, -0.2) is 4.68 Å². The largest absolute Gasteiger partial charge is 0.469 e. The van der Waals surface area contributed by atoms with Crippen LogP contribution >= 0.6 is 0 Å². The molecule has 3 rings (SSSR count). The van der Waals surface area contributed by atoms with Gasteiger partial charge in [-0.05, 0) is 6.92 Å². The van der Waals surface area contributed by atoms with Gasteiger partial charge in [0.2, 0.25) is 5.88 Å². The lowest BCUT2D eigenvalue weighted by atomic mass is 10.0. The van der Waals surface area contributed by atoms with Crippen LogP contribution in [0.3, 0.4) is 0 Å². The van der Waals surface area contributed by atoms with E-state index in [0.29, 0.717) is 28.3 Å². The highest BCUT2D eigenvalue weighted by Crippen LogP contribution is 2.25. The van der Waals surface area contributed by atoms with Crippen molar-refractivity contribution < 1.29 is 14.3 Å². The van der Waals surface area contributed by atoms with Gasteiger partial charge in [0.05, 0.1) is 5.69 Å². The molecule has 0 spiro atoms. The van der Waals surface area contributed by atoms with Crippen molar-refractivity contribution in [2.24, 2.45) is 7.05 Å². The van der Waals surface area contributed by atoms with Crippen LogP contribution in [0, 0.1) is 6.92 Å². The summed E-state index contributed by atoms with van der Waals surface area (Å²) in [6.45, 7) is 1.60. The Morgan fingerprint density at radius 1 is 0.960 bits per heavy atom. The number of aromatic nitrogens is 2. The van der Waals surface area contributed by atoms with Crippen molar-refractivity contribution in [3.63, 3.8) is 0 Å². The number of ether oxygens (including phenoxy) is 1. The third-order valence-electron chi connectivity index (χ3n) is 3.87. The van der Waals surface area contributed by atoms with Crippen LogP contribution in [0.2, 0.25) is 0 Å². The van der Waals surface area contributed by atoms with Crippen LogP contribution in [-0.4, -0.2) is 28.0 Å². The number of ketones is 2. The number of aryl methyl sites for hydroxylation is 2. The molecule has 0 atom stereocenters. The van der Waals surface area contributed by atoms with E-state index in [1.807, 2.05) is 12.1 Å². The van der Waals surface area contributed by atoms with Crippen LogP contribution in [-0.2, 0) is 7.05 Å². The molecule has 0 N–H and O–H groups in total. The molecule has 5 nitrogen and oxygen atoms in total. The van der Waals surface area contributed by atoms with Gasteiger partial charge in [-0.3, -0.25) is 9.59 Å². The maximum Gasteiger partial charge on any atom is 0.223 e. The summed E-state index contributed by atoms with van der Waals surface area (Å²) in [6.07, 6.45) is 0. The lowest BCUT2D eigenvalue weighted by Gasteiger charge is -2.08. The predicted octanol–water partition coefficient (Wildman–Crippen LogP) is 3.22. The first-order chi connectivity index (χ1) is 12.1. The van der Waals surface area contributed by atoms with E-state index in [4.69, 9.17) is 4.74 Å². The molecule has 0 amide bonds. The second kappa shape index (κ2) is 7.13. The molecule has 1 heterocycles. The molecule has 126 valence electrons. The van der Waals surface area contributed by atoms with Crippen LogP contribution in [0.4, 0.5) is 0 Å². The van der Waals surface area contributed by atoms with Gasteiger partial charge < -0.3 is 4.74 Å². The highest BCUT2D eigenvalue weighted by Gasteiger charge is 2.23. The van der Waals surface area contributed by atoms with E-state index in [2.05, 4.69) is 5.10 Å². The predicted molar refractivity (Wildman–Crippen MR) is 94.1 cm³/mol. The number of hydrogen-bond acceptors (Lipinski definition) is 4. The van der Waals surface area contributed by atoms with E-state index in [1.165, 1.54) is 4.68 Å². The Hall–Kier alpha value is -3.21. The SMILES string of the molecule is Cc1nn(C)c(OCC(=O)c2ccccc2)c1C(=O)c1ccccc1. The van der Waals surface area contributed by atoms with Crippen molar-refractivity contribution in [3.05, 3.63) is 83.0 Å². The van der Waals surface area contributed by atoms with Crippen molar-refractivity contribution in [2.45, 2.75) is 6.92 Å². The topological polar surface area (TPSA) is 61.2 Å². The molecule has 5 heteroatoms. The van der Waals surface area contributed by atoms with Gasteiger partial charge in [-0.2, -0.15) is 5.10 Å². The first kappa shape index (κ1) is 16.6. The van der Waals surface area contributed by atoms with E-state index in [9.17, 15) is 9.59 Å². The van der Waals surface area contributed by atoms with E-state index in [1.54, 1.807) is 62.5 Å². The molecule has 0 unspecified atom stereocenters. The van der Waals surface area contributed by atoms with Crippen LogP contribution in [0.5, 0.6) is 5.88 Å². The van der Waals surface area contributed by atoms with Crippen molar-refractivity contribution in [2.75, 3.05) is 6.61 Å².